The van der Waals surface area contributed by atoms with Crippen molar-refractivity contribution >= 4 is 12.4 Å². The summed E-state index contributed by atoms with van der Waals surface area (Å²) in [6, 6.07) is 13.7. The molecule has 0 aliphatic heterocycles. The van der Waals surface area contributed by atoms with Gasteiger partial charge in [-0.1, -0.05) is 37.5 Å². The predicted molar refractivity (Wildman–Crippen MR) is 96.2 cm³/mol. The normalized spacial score (nSPS) is 15.5. The van der Waals surface area contributed by atoms with E-state index in [1.165, 1.54) is 54.7 Å². The van der Waals surface area contributed by atoms with Crippen LogP contribution in [0.25, 0.3) is 5.69 Å². The number of aromatic nitrogens is 1. The molecule has 1 heterocycles. The molecule has 120 valence electrons. The van der Waals surface area contributed by atoms with Gasteiger partial charge >= 0.3 is 0 Å². The monoisotopic (exact) mass is 318 g/mol. The second-order valence-corrected chi connectivity index (χ2v) is 6.28. The highest BCUT2D eigenvalue weighted by Gasteiger charge is 2.15. The summed E-state index contributed by atoms with van der Waals surface area (Å²) in [6.45, 7) is 5.43. The third kappa shape index (κ3) is 3.74. The van der Waals surface area contributed by atoms with Crippen LogP contribution in [0.4, 0.5) is 0 Å². The lowest BCUT2D eigenvalue weighted by molar-refractivity contribution is 0.372. The van der Waals surface area contributed by atoms with Crippen molar-refractivity contribution < 1.29 is 0 Å². The Labute approximate surface area is 140 Å². The Morgan fingerprint density at radius 2 is 1.73 bits per heavy atom. The first-order valence-electron chi connectivity index (χ1n) is 8.22. The van der Waals surface area contributed by atoms with Gasteiger partial charge < -0.3 is 9.88 Å². The second-order valence-electron chi connectivity index (χ2n) is 6.28. The van der Waals surface area contributed by atoms with E-state index in [1.807, 2.05) is 0 Å². The van der Waals surface area contributed by atoms with Gasteiger partial charge in [-0.25, -0.2) is 0 Å². The molecular weight excluding hydrogens is 292 g/mol. The smallest absolute Gasteiger partial charge is 0.0455 e. The van der Waals surface area contributed by atoms with Crippen molar-refractivity contribution in [1.29, 1.82) is 0 Å². The number of hydrogen-bond acceptors (Lipinski definition) is 1. The van der Waals surface area contributed by atoms with Crippen molar-refractivity contribution in [1.82, 2.24) is 9.88 Å². The average molecular weight is 319 g/mol. The largest absolute Gasteiger partial charge is 0.318 e. The summed E-state index contributed by atoms with van der Waals surface area (Å²) in [5, 5.41) is 3.76. The van der Waals surface area contributed by atoms with Crippen molar-refractivity contribution in [2.75, 3.05) is 0 Å². The Kier molecular flexibility index (Phi) is 6.10. The molecule has 1 N–H and O–H groups in total. The molecule has 3 heteroatoms. The third-order valence-electron chi connectivity index (χ3n) is 4.74. The molecule has 2 nitrogen and oxygen atoms in total. The zero-order valence-electron chi connectivity index (χ0n) is 13.6. The van der Waals surface area contributed by atoms with Crippen molar-refractivity contribution in [2.45, 2.75) is 58.5 Å². The molecule has 0 amide bonds. The average Bonchev–Trinajstić information content (AvgIpc) is 2.81. The van der Waals surface area contributed by atoms with Crippen LogP contribution < -0.4 is 5.32 Å². The molecule has 0 unspecified atom stereocenters. The van der Waals surface area contributed by atoms with Crippen molar-refractivity contribution in [3.05, 3.63) is 53.3 Å². The van der Waals surface area contributed by atoms with Crippen molar-refractivity contribution in [2.24, 2.45) is 0 Å². The van der Waals surface area contributed by atoms with Gasteiger partial charge in [0, 0.05) is 29.7 Å². The minimum absolute atomic E-state index is 0. The summed E-state index contributed by atoms with van der Waals surface area (Å²) < 4.78 is 2.36. The fourth-order valence-corrected chi connectivity index (χ4v) is 3.54. The van der Waals surface area contributed by atoms with Gasteiger partial charge in [-0.05, 0) is 50.5 Å². The second kappa shape index (κ2) is 7.85. The zero-order valence-corrected chi connectivity index (χ0v) is 14.5. The molecule has 1 fully saturated rings. The molecule has 1 aromatic carbocycles. The molecule has 1 aliphatic carbocycles. The van der Waals surface area contributed by atoms with E-state index >= 15 is 0 Å². The highest BCUT2D eigenvalue weighted by molar-refractivity contribution is 5.85. The lowest BCUT2D eigenvalue weighted by Gasteiger charge is -2.22. The SMILES string of the molecule is Cc1cc(CNC2CCCCC2)c(C)n1-c1ccccc1.Cl. The van der Waals surface area contributed by atoms with Gasteiger partial charge in [-0.15, -0.1) is 12.4 Å². The molecule has 1 aliphatic rings. The summed E-state index contributed by atoms with van der Waals surface area (Å²) in [5.41, 5.74) is 5.37. The van der Waals surface area contributed by atoms with Crippen LogP contribution >= 0.6 is 12.4 Å². The van der Waals surface area contributed by atoms with E-state index in [9.17, 15) is 0 Å². The van der Waals surface area contributed by atoms with E-state index < -0.39 is 0 Å². The van der Waals surface area contributed by atoms with Gasteiger partial charge in [0.15, 0.2) is 0 Å². The van der Waals surface area contributed by atoms with Crippen LogP contribution in [-0.2, 0) is 6.54 Å². The van der Waals surface area contributed by atoms with E-state index in [2.05, 4.69) is 60.1 Å². The third-order valence-corrected chi connectivity index (χ3v) is 4.74. The molecule has 0 atom stereocenters. The maximum Gasteiger partial charge on any atom is 0.0455 e. The van der Waals surface area contributed by atoms with Crippen molar-refractivity contribution in [3.63, 3.8) is 0 Å². The van der Waals surface area contributed by atoms with E-state index in [-0.39, 0.29) is 12.4 Å². The Bertz CT molecular complexity index is 583. The summed E-state index contributed by atoms with van der Waals surface area (Å²) >= 11 is 0. The van der Waals surface area contributed by atoms with Crippen LogP contribution in [0.3, 0.4) is 0 Å². The summed E-state index contributed by atoms with van der Waals surface area (Å²) in [5.74, 6) is 0. The number of para-hydroxylation sites is 1. The molecule has 0 bridgehead atoms. The highest BCUT2D eigenvalue weighted by atomic mass is 35.5. The molecule has 0 radical (unpaired) electrons. The lowest BCUT2D eigenvalue weighted by atomic mass is 9.95. The topological polar surface area (TPSA) is 17.0 Å². The highest BCUT2D eigenvalue weighted by Crippen LogP contribution is 2.22. The fourth-order valence-electron chi connectivity index (χ4n) is 3.54. The summed E-state index contributed by atoms with van der Waals surface area (Å²) in [6.07, 6.45) is 6.89. The number of hydrogen-bond donors (Lipinski definition) is 1. The Morgan fingerprint density at radius 1 is 1.05 bits per heavy atom. The van der Waals surface area contributed by atoms with E-state index in [0.717, 1.165) is 12.6 Å². The number of nitrogens with zero attached hydrogens (tertiary/aromatic N) is 1. The van der Waals surface area contributed by atoms with Crippen LogP contribution in [0.5, 0.6) is 0 Å². The number of rotatable bonds is 4. The first kappa shape index (κ1) is 17.1. The van der Waals surface area contributed by atoms with Crippen LogP contribution in [0.1, 0.15) is 49.1 Å². The van der Waals surface area contributed by atoms with Crippen LogP contribution in [-0.4, -0.2) is 10.6 Å². The van der Waals surface area contributed by atoms with E-state index in [0.29, 0.717) is 0 Å². The minimum Gasteiger partial charge on any atom is -0.318 e. The molecule has 2 aromatic rings. The zero-order chi connectivity index (χ0) is 14.7. The summed E-state index contributed by atoms with van der Waals surface area (Å²) in [7, 11) is 0. The Balaban J connectivity index is 0.00000176. The standard InChI is InChI=1S/C19H26N2.ClH/c1-15-13-17(14-20-18-9-5-3-6-10-18)16(2)21(15)19-11-7-4-8-12-19;/h4,7-8,11-13,18,20H,3,5-6,9-10,14H2,1-2H3;1H. The molecule has 3 rings (SSSR count). The number of benzene rings is 1. The van der Waals surface area contributed by atoms with Crippen LogP contribution in [0, 0.1) is 13.8 Å². The quantitative estimate of drug-likeness (QED) is 0.845. The van der Waals surface area contributed by atoms with E-state index in [4.69, 9.17) is 0 Å². The van der Waals surface area contributed by atoms with Gasteiger partial charge in [0.1, 0.15) is 0 Å². The number of aryl methyl sites for hydroxylation is 1. The predicted octanol–water partition coefficient (Wildman–Crippen LogP) is 4.94. The molecule has 22 heavy (non-hydrogen) atoms. The van der Waals surface area contributed by atoms with Crippen LogP contribution in [0.2, 0.25) is 0 Å². The van der Waals surface area contributed by atoms with Gasteiger partial charge in [0.25, 0.3) is 0 Å². The lowest BCUT2D eigenvalue weighted by Crippen LogP contribution is -2.30. The first-order valence-corrected chi connectivity index (χ1v) is 8.22. The maximum atomic E-state index is 3.76. The fraction of sp³-hybridized carbons (Fsp3) is 0.474. The Morgan fingerprint density at radius 3 is 2.41 bits per heavy atom. The van der Waals surface area contributed by atoms with Gasteiger partial charge in [0.05, 0.1) is 0 Å². The van der Waals surface area contributed by atoms with Gasteiger partial charge in [-0.2, -0.15) is 0 Å². The number of halogens is 1. The molecular formula is C19H27ClN2. The maximum absolute atomic E-state index is 3.76. The van der Waals surface area contributed by atoms with Crippen LogP contribution in [0.15, 0.2) is 36.4 Å². The van der Waals surface area contributed by atoms with Gasteiger partial charge in [-0.3, -0.25) is 0 Å². The Hall–Kier alpha value is -1.25. The van der Waals surface area contributed by atoms with Crippen molar-refractivity contribution in [3.8, 4) is 5.69 Å². The molecule has 0 saturated heterocycles. The summed E-state index contributed by atoms with van der Waals surface area (Å²) in [4.78, 5) is 0. The van der Waals surface area contributed by atoms with Gasteiger partial charge in [0.2, 0.25) is 0 Å². The molecule has 0 spiro atoms. The minimum atomic E-state index is 0. The first-order chi connectivity index (χ1) is 10.3. The molecule has 1 aromatic heterocycles. The molecule has 1 saturated carbocycles. The number of nitrogens with one attached hydrogen (secondary N) is 1. The van der Waals surface area contributed by atoms with E-state index in [1.54, 1.807) is 0 Å².